The highest BCUT2D eigenvalue weighted by molar-refractivity contribution is 5.78. The van der Waals surface area contributed by atoms with Gasteiger partial charge in [-0.1, -0.05) is 30.3 Å². The summed E-state index contributed by atoms with van der Waals surface area (Å²) in [5.41, 5.74) is 0.712. The zero-order valence-corrected chi connectivity index (χ0v) is 12.1. The van der Waals surface area contributed by atoms with E-state index in [9.17, 15) is 9.90 Å². The van der Waals surface area contributed by atoms with Gasteiger partial charge >= 0.3 is 5.97 Å². The Balaban J connectivity index is 1.44. The number of aliphatic hydroxyl groups is 1. The minimum absolute atomic E-state index is 0.0584. The van der Waals surface area contributed by atoms with E-state index in [1.54, 1.807) is 17.0 Å². The number of carbonyl (C=O) groups is 1. The fraction of sp³-hybridized carbons (Fsp3) is 0.588. The van der Waals surface area contributed by atoms with Crippen molar-refractivity contribution >= 4 is 5.97 Å². The van der Waals surface area contributed by atoms with Crippen LogP contribution in [-0.2, 0) is 14.3 Å². The lowest BCUT2D eigenvalue weighted by atomic mass is 9.98. The summed E-state index contributed by atoms with van der Waals surface area (Å²) in [5.74, 6) is -1.18. The summed E-state index contributed by atoms with van der Waals surface area (Å²) < 4.78 is 34.4. The van der Waals surface area contributed by atoms with Crippen LogP contribution in [0.15, 0.2) is 30.3 Å². The SMILES string of the molecule is [2H][13C]([2H])([2H])N1C2CC(OC(=O)[C@H](CO)c3ccccc3)CC1[C@@H]1OC21. The number of hydrogen-bond donors (Lipinski definition) is 1. The van der Waals surface area contributed by atoms with Crippen LogP contribution in [0.25, 0.3) is 0 Å². The second-order valence-corrected chi connectivity index (χ2v) is 6.28. The van der Waals surface area contributed by atoms with Gasteiger partial charge in [0.1, 0.15) is 24.2 Å². The summed E-state index contributed by atoms with van der Waals surface area (Å²) in [6.45, 7) is -2.48. The number of hydrogen-bond acceptors (Lipinski definition) is 5. The molecule has 3 saturated heterocycles. The molecule has 0 aromatic heterocycles. The van der Waals surface area contributed by atoms with Crippen molar-refractivity contribution in [3.8, 4) is 0 Å². The van der Waals surface area contributed by atoms with Crippen molar-refractivity contribution in [2.24, 2.45) is 0 Å². The third-order valence-corrected chi connectivity index (χ3v) is 5.00. The molecule has 3 heterocycles. The van der Waals surface area contributed by atoms with Crippen molar-refractivity contribution in [2.45, 2.75) is 49.2 Å². The molecule has 0 aliphatic carbocycles. The van der Waals surface area contributed by atoms with Gasteiger partial charge in [0.05, 0.1) is 6.61 Å². The molecule has 118 valence electrons. The fourth-order valence-corrected chi connectivity index (χ4v) is 3.79. The zero-order chi connectivity index (χ0) is 17.8. The number of nitrogens with zero attached hydrogens (tertiary/aromatic N) is 1. The highest BCUT2D eigenvalue weighted by Gasteiger charge is 2.62. The van der Waals surface area contributed by atoms with Crippen molar-refractivity contribution in [1.82, 2.24) is 4.90 Å². The number of carbonyl (C=O) groups excluding carboxylic acids is 1. The van der Waals surface area contributed by atoms with E-state index < -0.39 is 18.9 Å². The summed E-state index contributed by atoms with van der Waals surface area (Å²) in [6, 6.07) is 8.56. The Labute approximate surface area is 134 Å². The predicted octanol–water partition coefficient (Wildman–Crippen LogP) is 0.918. The van der Waals surface area contributed by atoms with Gasteiger partial charge in [-0.3, -0.25) is 9.69 Å². The normalized spacial score (nSPS) is 40.0. The van der Waals surface area contributed by atoms with Crippen LogP contribution in [0.3, 0.4) is 0 Å². The van der Waals surface area contributed by atoms with Gasteiger partial charge in [0.15, 0.2) is 0 Å². The van der Waals surface area contributed by atoms with Crippen LogP contribution in [0.1, 0.15) is 28.4 Å². The lowest BCUT2D eigenvalue weighted by molar-refractivity contribution is -0.156. The van der Waals surface area contributed by atoms with Crippen LogP contribution < -0.4 is 0 Å². The Morgan fingerprint density at radius 2 is 2.09 bits per heavy atom. The third-order valence-electron chi connectivity index (χ3n) is 5.00. The van der Waals surface area contributed by atoms with Crippen molar-refractivity contribution in [2.75, 3.05) is 13.6 Å². The lowest BCUT2D eigenvalue weighted by Gasteiger charge is -2.38. The number of rotatable bonds is 4. The minimum Gasteiger partial charge on any atom is -0.462 e. The van der Waals surface area contributed by atoms with E-state index in [1.165, 1.54) is 0 Å². The van der Waals surface area contributed by atoms with E-state index in [-0.39, 0.29) is 37.0 Å². The monoisotopic (exact) mass is 307 g/mol. The van der Waals surface area contributed by atoms with Gasteiger partial charge in [0.2, 0.25) is 0 Å². The van der Waals surface area contributed by atoms with E-state index in [1.807, 2.05) is 18.2 Å². The molecule has 4 rings (SSSR count). The fourth-order valence-electron chi connectivity index (χ4n) is 3.79. The Morgan fingerprint density at radius 1 is 1.41 bits per heavy atom. The molecule has 0 amide bonds. The Morgan fingerprint density at radius 3 is 2.68 bits per heavy atom. The van der Waals surface area contributed by atoms with Gasteiger partial charge < -0.3 is 14.6 Å². The van der Waals surface area contributed by atoms with E-state index in [4.69, 9.17) is 13.6 Å². The predicted molar refractivity (Wildman–Crippen MR) is 79.4 cm³/mol. The maximum Gasteiger partial charge on any atom is 0.316 e. The van der Waals surface area contributed by atoms with Gasteiger partial charge in [-0.05, 0) is 12.5 Å². The Kier molecular flexibility index (Phi) is 2.71. The first-order valence-electron chi connectivity index (χ1n) is 9.20. The van der Waals surface area contributed by atoms with Crippen molar-refractivity contribution in [1.29, 1.82) is 0 Å². The topological polar surface area (TPSA) is 62.3 Å². The average Bonchev–Trinajstić information content (AvgIpc) is 3.31. The number of piperidine rings is 1. The Hall–Kier alpha value is -1.43. The van der Waals surface area contributed by atoms with E-state index in [0.29, 0.717) is 18.4 Å². The van der Waals surface area contributed by atoms with Gasteiger partial charge in [-0.15, -0.1) is 0 Å². The van der Waals surface area contributed by atoms with E-state index in [0.717, 1.165) is 0 Å². The van der Waals surface area contributed by atoms with Crippen LogP contribution >= 0.6 is 0 Å². The maximum atomic E-state index is 12.5. The largest absolute Gasteiger partial charge is 0.462 e. The van der Waals surface area contributed by atoms with Crippen molar-refractivity contribution in [3.05, 3.63) is 35.9 Å². The standard InChI is InChI=1S/C17H21NO4/c1-18-13-7-11(8-14(18)16-15(13)22-16)21-17(20)12(9-19)10-5-3-2-4-6-10/h2-6,11-16,19H,7-9H2,1H3/t11?,12-,13?,14?,15+,16?/m1/s1/i1+1D3. The average molecular weight is 307 g/mol. The molecule has 1 aromatic rings. The summed E-state index contributed by atoms with van der Waals surface area (Å²) in [7, 11) is 0. The summed E-state index contributed by atoms with van der Waals surface area (Å²) in [4.78, 5) is 14.1. The Bertz CT molecular complexity index is 635. The molecular formula is C17H21NO4. The van der Waals surface area contributed by atoms with Crippen molar-refractivity contribution in [3.63, 3.8) is 0 Å². The molecule has 0 radical (unpaired) electrons. The molecule has 0 spiro atoms. The molecule has 6 atom stereocenters. The first kappa shape index (κ1) is 11.2. The minimum atomic E-state index is -2.15. The molecule has 0 saturated carbocycles. The number of esters is 1. The van der Waals surface area contributed by atoms with Crippen molar-refractivity contribution < 1.29 is 23.5 Å². The highest BCUT2D eigenvalue weighted by Crippen LogP contribution is 2.48. The quantitative estimate of drug-likeness (QED) is 0.509. The second-order valence-electron chi connectivity index (χ2n) is 6.28. The molecule has 5 heteroatoms. The smallest absolute Gasteiger partial charge is 0.316 e. The second kappa shape index (κ2) is 5.33. The molecule has 1 aromatic carbocycles. The lowest BCUT2D eigenvalue weighted by Crippen LogP contribution is -2.48. The summed E-state index contributed by atoms with van der Waals surface area (Å²) in [5, 5.41) is 9.59. The van der Waals surface area contributed by atoms with Crippen LogP contribution in [0.5, 0.6) is 0 Å². The molecule has 4 unspecified atom stereocenters. The van der Waals surface area contributed by atoms with Crippen LogP contribution in [-0.4, -0.2) is 60.0 Å². The number of epoxide rings is 1. The molecule has 1 N–H and O–H groups in total. The zero-order valence-electron chi connectivity index (χ0n) is 15.1. The number of aliphatic hydroxyl groups excluding tert-OH is 1. The van der Waals surface area contributed by atoms with Crippen LogP contribution in [0, 0.1) is 0 Å². The molecule has 22 heavy (non-hydrogen) atoms. The number of ether oxygens (including phenoxy) is 2. The summed E-state index contributed by atoms with van der Waals surface area (Å²) in [6.07, 6.45) is 0.452. The molecule has 5 nitrogen and oxygen atoms in total. The molecule has 3 aliphatic rings. The number of benzene rings is 1. The molecule has 3 aliphatic heterocycles. The maximum absolute atomic E-state index is 12.5. The molecule has 3 fully saturated rings. The van der Waals surface area contributed by atoms with Crippen LogP contribution in [0.2, 0.25) is 0 Å². The van der Waals surface area contributed by atoms with Gasteiger partial charge in [-0.25, -0.2) is 0 Å². The first-order chi connectivity index (χ1) is 11.9. The third kappa shape index (κ3) is 2.24. The van der Waals surface area contributed by atoms with E-state index >= 15 is 0 Å². The van der Waals surface area contributed by atoms with Crippen LogP contribution in [0.4, 0.5) is 0 Å². The van der Waals surface area contributed by atoms with Gasteiger partial charge in [-0.2, -0.15) is 0 Å². The number of likely N-dealkylation sites (N-methyl/N-ethyl adjacent to an activating group) is 1. The molecular weight excluding hydrogens is 283 g/mol. The number of fused-ring (bicyclic) bond motifs is 5. The van der Waals surface area contributed by atoms with Gasteiger partial charge in [0.25, 0.3) is 0 Å². The molecule has 2 bridgehead atoms. The van der Waals surface area contributed by atoms with E-state index in [2.05, 4.69) is 0 Å². The van der Waals surface area contributed by atoms with Gasteiger partial charge in [0, 0.05) is 29.0 Å². The number of morpholine rings is 1. The highest BCUT2D eigenvalue weighted by atomic mass is 16.6. The first-order valence-corrected chi connectivity index (χ1v) is 7.70. The summed E-state index contributed by atoms with van der Waals surface area (Å²) >= 11 is 0.